The first kappa shape index (κ1) is 17.0. The molecular weight excluding hydrogens is 316 g/mol. The maximum absolute atomic E-state index is 12.5. The molecule has 1 spiro atoms. The normalized spacial score (nSPS) is 27.2. The molecule has 1 amide bonds. The average molecular weight is 344 g/mol. The summed E-state index contributed by atoms with van der Waals surface area (Å²) in [5, 5.41) is 6.79. The highest BCUT2D eigenvalue weighted by atomic mass is 16.5. The summed E-state index contributed by atoms with van der Waals surface area (Å²) in [6, 6.07) is 8.52. The second kappa shape index (κ2) is 7.06. The largest absolute Gasteiger partial charge is 0.382 e. The Bertz CT molecular complexity index is 623. The van der Waals surface area contributed by atoms with Gasteiger partial charge in [-0.3, -0.25) is 4.79 Å². The standard InChI is InChI=1S/C20H28N2O3/c1-24-12-13-25-18-17(22-19(23)14-6-7-14)15-4-2-3-5-16(15)20(18)8-10-21-11-9-20/h2-5,14,17-18,21H,6-13H2,1H3,(H,22,23)/t17-,18+/m1/s1. The number of benzene rings is 1. The Labute approximate surface area is 149 Å². The van der Waals surface area contributed by atoms with Crippen molar-refractivity contribution in [1.29, 1.82) is 0 Å². The number of methoxy groups -OCH3 is 1. The van der Waals surface area contributed by atoms with Gasteiger partial charge in [-0.05, 0) is 49.9 Å². The molecule has 0 radical (unpaired) electrons. The minimum Gasteiger partial charge on any atom is -0.382 e. The van der Waals surface area contributed by atoms with Crippen LogP contribution in [0, 0.1) is 5.92 Å². The van der Waals surface area contributed by atoms with Crippen molar-refractivity contribution in [3.05, 3.63) is 35.4 Å². The summed E-state index contributed by atoms with van der Waals surface area (Å²) in [7, 11) is 1.69. The van der Waals surface area contributed by atoms with E-state index < -0.39 is 0 Å². The molecule has 1 saturated heterocycles. The fourth-order valence-corrected chi connectivity index (χ4v) is 4.57. The molecule has 1 aromatic rings. The molecular formula is C20H28N2O3. The molecule has 0 bridgehead atoms. The van der Waals surface area contributed by atoms with Crippen molar-refractivity contribution in [2.24, 2.45) is 5.92 Å². The van der Waals surface area contributed by atoms with Gasteiger partial charge in [0.25, 0.3) is 0 Å². The molecule has 0 aromatic heterocycles. The van der Waals surface area contributed by atoms with Gasteiger partial charge in [-0.25, -0.2) is 0 Å². The Morgan fingerprint density at radius 1 is 1.24 bits per heavy atom. The Morgan fingerprint density at radius 3 is 2.72 bits per heavy atom. The molecule has 1 aromatic carbocycles. The predicted octanol–water partition coefficient (Wildman–Crippen LogP) is 1.92. The van der Waals surface area contributed by atoms with Crippen molar-refractivity contribution in [3.63, 3.8) is 0 Å². The third-order valence-electron chi connectivity index (χ3n) is 6.01. The third-order valence-corrected chi connectivity index (χ3v) is 6.01. The van der Waals surface area contributed by atoms with Crippen LogP contribution in [0.15, 0.2) is 24.3 Å². The number of rotatable bonds is 6. The summed E-state index contributed by atoms with van der Waals surface area (Å²) < 4.78 is 11.6. The highest BCUT2D eigenvalue weighted by molar-refractivity contribution is 5.81. The van der Waals surface area contributed by atoms with Gasteiger partial charge in [0.2, 0.25) is 5.91 Å². The molecule has 136 valence electrons. The van der Waals surface area contributed by atoms with E-state index >= 15 is 0 Å². The van der Waals surface area contributed by atoms with Gasteiger partial charge in [0.1, 0.15) is 0 Å². The Hall–Kier alpha value is -1.43. The van der Waals surface area contributed by atoms with E-state index in [9.17, 15) is 4.79 Å². The number of amides is 1. The number of hydrogen-bond acceptors (Lipinski definition) is 4. The Morgan fingerprint density at radius 2 is 2.00 bits per heavy atom. The maximum Gasteiger partial charge on any atom is 0.223 e. The molecule has 2 N–H and O–H groups in total. The van der Waals surface area contributed by atoms with Crippen LogP contribution in [0.1, 0.15) is 42.9 Å². The second-order valence-corrected chi connectivity index (χ2v) is 7.54. The van der Waals surface area contributed by atoms with Crippen molar-refractivity contribution in [3.8, 4) is 0 Å². The molecule has 4 rings (SSSR count). The number of nitrogens with one attached hydrogen (secondary N) is 2. The van der Waals surface area contributed by atoms with Crippen LogP contribution in [0.4, 0.5) is 0 Å². The first-order chi connectivity index (χ1) is 12.3. The van der Waals surface area contributed by atoms with E-state index in [1.807, 2.05) is 0 Å². The summed E-state index contributed by atoms with van der Waals surface area (Å²) in [5.74, 6) is 0.391. The number of carbonyl (C=O) groups is 1. The van der Waals surface area contributed by atoms with Crippen LogP contribution in [0.2, 0.25) is 0 Å². The van der Waals surface area contributed by atoms with Gasteiger partial charge in [-0.1, -0.05) is 24.3 Å². The molecule has 3 aliphatic rings. The molecule has 2 aliphatic carbocycles. The molecule has 5 nitrogen and oxygen atoms in total. The highest BCUT2D eigenvalue weighted by Gasteiger charge is 2.53. The smallest absolute Gasteiger partial charge is 0.223 e. The zero-order valence-electron chi connectivity index (χ0n) is 14.9. The SMILES string of the molecule is COCCO[C@H]1[C@H](NC(=O)C2CC2)c2ccccc2C12CCNCC2. The number of carbonyl (C=O) groups excluding carboxylic acids is 1. The van der Waals surface area contributed by atoms with Gasteiger partial charge < -0.3 is 20.1 Å². The summed E-state index contributed by atoms with van der Waals surface area (Å²) in [5.41, 5.74) is 2.58. The van der Waals surface area contributed by atoms with E-state index in [0.29, 0.717) is 13.2 Å². The highest BCUT2D eigenvalue weighted by Crippen LogP contribution is 2.51. The first-order valence-corrected chi connectivity index (χ1v) is 9.47. The topological polar surface area (TPSA) is 59.6 Å². The average Bonchev–Trinajstić information content (AvgIpc) is 3.47. The van der Waals surface area contributed by atoms with Crippen LogP contribution in [0.5, 0.6) is 0 Å². The molecule has 2 fully saturated rings. The quantitative estimate of drug-likeness (QED) is 0.774. The number of piperidine rings is 1. The Balaban J connectivity index is 1.67. The van der Waals surface area contributed by atoms with Crippen molar-refractivity contribution in [2.45, 2.75) is 43.2 Å². The summed E-state index contributed by atoms with van der Waals surface area (Å²) in [6.07, 6.45) is 4.09. The van der Waals surface area contributed by atoms with Crippen LogP contribution in [0.3, 0.4) is 0 Å². The summed E-state index contributed by atoms with van der Waals surface area (Å²) in [6.45, 7) is 3.11. The third kappa shape index (κ3) is 3.09. The van der Waals surface area contributed by atoms with E-state index in [2.05, 4.69) is 34.9 Å². The van der Waals surface area contributed by atoms with Gasteiger partial charge in [0.05, 0.1) is 25.4 Å². The summed E-state index contributed by atoms with van der Waals surface area (Å²) in [4.78, 5) is 12.5. The summed E-state index contributed by atoms with van der Waals surface area (Å²) >= 11 is 0. The van der Waals surface area contributed by atoms with E-state index in [-0.39, 0.29) is 29.4 Å². The lowest BCUT2D eigenvalue weighted by Crippen LogP contribution is -2.50. The van der Waals surface area contributed by atoms with Gasteiger partial charge in [0, 0.05) is 18.4 Å². The van der Waals surface area contributed by atoms with Crippen molar-refractivity contribution >= 4 is 5.91 Å². The second-order valence-electron chi connectivity index (χ2n) is 7.54. The molecule has 1 heterocycles. The zero-order chi connectivity index (χ0) is 17.3. The van der Waals surface area contributed by atoms with Gasteiger partial charge in [-0.15, -0.1) is 0 Å². The number of hydrogen-bond donors (Lipinski definition) is 2. The monoisotopic (exact) mass is 344 g/mol. The van der Waals surface area contributed by atoms with Crippen LogP contribution >= 0.6 is 0 Å². The van der Waals surface area contributed by atoms with Crippen LogP contribution in [-0.2, 0) is 19.7 Å². The molecule has 0 unspecified atom stereocenters. The lowest BCUT2D eigenvalue weighted by atomic mass is 9.72. The zero-order valence-corrected chi connectivity index (χ0v) is 14.9. The molecule has 25 heavy (non-hydrogen) atoms. The van der Waals surface area contributed by atoms with Crippen molar-refractivity contribution in [2.75, 3.05) is 33.4 Å². The van der Waals surface area contributed by atoms with E-state index in [1.165, 1.54) is 11.1 Å². The van der Waals surface area contributed by atoms with Crippen LogP contribution in [0.25, 0.3) is 0 Å². The molecule has 1 aliphatic heterocycles. The van der Waals surface area contributed by atoms with Crippen molar-refractivity contribution < 1.29 is 14.3 Å². The lowest BCUT2D eigenvalue weighted by Gasteiger charge is -2.41. The number of ether oxygens (including phenoxy) is 2. The van der Waals surface area contributed by atoms with E-state index in [0.717, 1.165) is 38.8 Å². The minimum atomic E-state index is -0.0562. The van der Waals surface area contributed by atoms with Gasteiger partial charge in [-0.2, -0.15) is 0 Å². The Kier molecular flexibility index (Phi) is 4.80. The molecule has 5 heteroatoms. The van der Waals surface area contributed by atoms with E-state index in [4.69, 9.17) is 9.47 Å². The van der Waals surface area contributed by atoms with Crippen LogP contribution in [-0.4, -0.2) is 45.4 Å². The molecule has 1 saturated carbocycles. The predicted molar refractivity (Wildman–Crippen MR) is 95.4 cm³/mol. The van der Waals surface area contributed by atoms with Gasteiger partial charge >= 0.3 is 0 Å². The molecule has 2 atom stereocenters. The van der Waals surface area contributed by atoms with Gasteiger partial charge in [0.15, 0.2) is 0 Å². The van der Waals surface area contributed by atoms with E-state index in [1.54, 1.807) is 7.11 Å². The lowest BCUT2D eigenvalue weighted by molar-refractivity contribution is -0.125. The maximum atomic E-state index is 12.5. The fourth-order valence-electron chi connectivity index (χ4n) is 4.57. The first-order valence-electron chi connectivity index (χ1n) is 9.47. The fraction of sp³-hybridized carbons (Fsp3) is 0.650. The minimum absolute atomic E-state index is 0.0168. The van der Waals surface area contributed by atoms with Crippen molar-refractivity contribution in [1.82, 2.24) is 10.6 Å². The van der Waals surface area contributed by atoms with Crippen LogP contribution < -0.4 is 10.6 Å². The number of fused-ring (bicyclic) bond motifs is 2.